The fourth-order valence-corrected chi connectivity index (χ4v) is 2.51. The van der Waals surface area contributed by atoms with E-state index in [2.05, 4.69) is 50.0 Å². The Morgan fingerprint density at radius 2 is 2.05 bits per heavy atom. The van der Waals surface area contributed by atoms with Crippen LogP contribution in [0.25, 0.3) is 11.5 Å². The van der Waals surface area contributed by atoms with Gasteiger partial charge in [0.1, 0.15) is 11.5 Å². The van der Waals surface area contributed by atoms with Gasteiger partial charge in [-0.15, -0.1) is 0 Å². The van der Waals surface area contributed by atoms with Gasteiger partial charge in [-0.3, -0.25) is 4.98 Å². The van der Waals surface area contributed by atoms with E-state index in [1.807, 2.05) is 19.1 Å². The predicted octanol–water partition coefficient (Wildman–Crippen LogP) is 3.99. The topological polar surface area (TPSA) is 50.7 Å². The highest BCUT2D eigenvalue weighted by molar-refractivity contribution is 9.10. The molecule has 2 heterocycles. The summed E-state index contributed by atoms with van der Waals surface area (Å²) < 4.78 is 0.950. The second kappa shape index (κ2) is 6.79. The Bertz CT molecular complexity index is 598. The van der Waals surface area contributed by atoms with Crippen LogP contribution in [-0.4, -0.2) is 21.5 Å². The molecule has 2 aromatic rings. The van der Waals surface area contributed by atoms with E-state index >= 15 is 0 Å². The summed E-state index contributed by atoms with van der Waals surface area (Å²) >= 11 is 3.59. The molecule has 0 aliphatic rings. The number of aryl methyl sites for hydroxylation is 2. The average molecular weight is 335 g/mol. The zero-order chi connectivity index (χ0) is 14.5. The Balaban J connectivity index is 2.51. The van der Waals surface area contributed by atoms with Gasteiger partial charge in [0.05, 0.1) is 10.2 Å². The van der Waals surface area contributed by atoms with Crippen molar-refractivity contribution in [2.75, 3.05) is 11.9 Å². The quantitative estimate of drug-likeness (QED) is 0.897. The molecule has 0 bridgehead atoms. The molecule has 20 heavy (non-hydrogen) atoms. The summed E-state index contributed by atoms with van der Waals surface area (Å²) in [7, 11) is 0. The molecule has 0 saturated heterocycles. The first-order valence-corrected chi connectivity index (χ1v) is 7.68. The van der Waals surface area contributed by atoms with Crippen LogP contribution in [0, 0.1) is 6.92 Å². The fourth-order valence-electron chi connectivity index (χ4n) is 1.91. The number of rotatable bonds is 5. The number of pyridine rings is 1. The summed E-state index contributed by atoms with van der Waals surface area (Å²) in [5.41, 5.74) is 2.92. The van der Waals surface area contributed by atoms with Gasteiger partial charge in [0.2, 0.25) is 0 Å². The van der Waals surface area contributed by atoms with E-state index < -0.39 is 0 Å². The maximum absolute atomic E-state index is 4.63. The van der Waals surface area contributed by atoms with Crippen LogP contribution in [0.3, 0.4) is 0 Å². The minimum absolute atomic E-state index is 0.682. The normalized spacial score (nSPS) is 10.6. The van der Waals surface area contributed by atoms with E-state index in [0.717, 1.165) is 46.6 Å². The van der Waals surface area contributed by atoms with Gasteiger partial charge in [-0.1, -0.05) is 19.9 Å². The molecule has 0 atom stereocenters. The third kappa shape index (κ3) is 3.15. The minimum atomic E-state index is 0.682. The molecule has 0 saturated carbocycles. The molecule has 0 aliphatic carbocycles. The van der Waals surface area contributed by atoms with Crippen LogP contribution in [0.15, 0.2) is 22.8 Å². The molecule has 0 fully saturated rings. The van der Waals surface area contributed by atoms with Crippen molar-refractivity contribution in [3.05, 3.63) is 34.1 Å². The number of aromatic nitrogens is 3. The third-order valence-electron chi connectivity index (χ3n) is 3.02. The lowest BCUT2D eigenvalue weighted by molar-refractivity contribution is 0.940. The lowest BCUT2D eigenvalue weighted by atomic mass is 10.2. The van der Waals surface area contributed by atoms with Crippen molar-refractivity contribution in [1.82, 2.24) is 15.0 Å². The molecule has 0 radical (unpaired) electrons. The highest BCUT2D eigenvalue weighted by Crippen LogP contribution is 2.27. The molecule has 5 heteroatoms. The monoisotopic (exact) mass is 334 g/mol. The largest absolute Gasteiger partial charge is 0.369 e. The van der Waals surface area contributed by atoms with E-state index in [0.29, 0.717) is 5.82 Å². The Hall–Kier alpha value is -1.49. The molecular formula is C15H19BrN4. The van der Waals surface area contributed by atoms with Crippen molar-refractivity contribution in [2.45, 2.75) is 33.6 Å². The van der Waals surface area contributed by atoms with Crippen LogP contribution >= 0.6 is 15.9 Å². The Morgan fingerprint density at radius 1 is 1.25 bits per heavy atom. The third-order valence-corrected chi connectivity index (χ3v) is 3.85. The minimum Gasteiger partial charge on any atom is -0.369 e. The van der Waals surface area contributed by atoms with E-state index in [9.17, 15) is 0 Å². The first kappa shape index (κ1) is 14.9. The maximum Gasteiger partial charge on any atom is 0.180 e. The van der Waals surface area contributed by atoms with E-state index in [1.54, 1.807) is 6.20 Å². The van der Waals surface area contributed by atoms with Crippen molar-refractivity contribution in [3.63, 3.8) is 0 Å². The summed E-state index contributed by atoms with van der Waals surface area (Å²) in [6, 6.07) is 3.95. The smallest absolute Gasteiger partial charge is 0.180 e. The number of anilines is 1. The molecule has 2 aromatic heterocycles. The van der Waals surface area contributed by atoms with Gasteiger partial charge in [-0.25, -0.2) is 9.97 Å². The number of nitrogens with zero attached hydrogens (tertiary/aromatic N) is 3. The molecule has 2 rings (SSSR count). The van der Waals surface area contributed by atoms with E-state index in [1.165, 1.54) is 0 Å². The van der Waals surface area contributed by atoms with E-state index in [-0.39, 0.29) is 0 Å². The van der Waals surface area contributed by atoms with Gasteiger partial charge in [0, 0.05) is 12.7 Å². The molecule has 0 aromatic carbocycles. The van der Waals surface area contributed by atoms with Crippen LogP contribution in [0.4, 0.5) is 5.82 Å². The highest BCUT2D eigenvalue weighted by Gasteiger charge is 2.14. The molecule has 0 amide bonds. The van der Waals surface area contributed by atoms with Gasteiger partial charge in [-0.2, -0.15) is 0 Å². The zero-order valence-corrected chi connectivity index (χ0v) is 13.7. The van der Waals surface area contributed by atoms with Crippen molar-refractivity contribution < 1.29 is 0 Å². The second-order valence-electron chi connectivity index (χ2n) is 4.61. The van der Waals surface area contributed by atoms with Gasteiger partial charge < -0.3 is 5.32 Å². The number of hydrogen-bond donors (Lipinski definition) is 1. The molecule has 0 unspecified atom stereocenters. The summed E-state index contributed by atoms with van der Waals surface area (Å²) in [5, 5.41) is 3.34. The van der Waals surface area contributed by atoms with Gasteiger partial charge in [-0.05, 0) is 47.3 Å². The first-order valence-electron chi connectivity index (χ1n) is 6.89. The predicted molar refractivity (Wildman–Crippen MR) is 85.9 cm³/mol. The van der Waals surface area contributed by atoms with Gasteiger partial charge in [0.25, 0.3) is 0 Å². The number of hydrogen-bond acceptors (Lipinski definition) is 4. The second-order valence-corrected chi connectivity index (χ2v) is 5.40. The maximum atomic E-state index is 4.63. The first-order chi connectivity index (χ1) is 9.67. The highest BCUT2D eigenvalue weighted by atomic mass is 79.9. The van der Waals surface area contributed by atoms with Crippen LogP contribution in [0.2, 0.25) is 0 Å². The van der Waals surface area contributed by atoms with Gasteiger partial charge in [0.15, 0.2) is 5.82 Å². The van der Waals surface area contributed by atoms with Crippen molar-refractivity contribution >= 4 is 21.7 Å². The Morgan fingerprint density at radius 3 is 2.70 bits per heavy atom. The number of halogens is 1. The summed E-state index contributed by atoms with van der Waals surface area (Å²) in [5.74, 6) is 1.53. The zero-order valence-electron chi connectivity index (χ0n) is 12.1. The van der Waals surface area contributed by atoms with Crippen molar-refractivity contribution in [2.24, 2.45) is 0 Å². The summed E-state index contributed by atoms with van der Waals surface area (Å²) in [4.78, 5) is 13.7. The molecule has 1 N–H and O–H groups in total. The lowest BCUT2D eigenvalue weighted by Crippen LogP contribution is -2.08. The molecule has 4 nitrogen and oxygen atoms in total. The van der Waals surface area contributed by atoms with Gasteiger partial charge >= 0.3 is 0 Å². The Kier molecular flexibility index (Phi) is 5.06. The number of nitrogens with one attached hydrogen (secondary N) is 1. The fraction of sp³-hybridized carbons (Fsp3) is 0.400. The summed E-state index contributed by atoms with van der Waals surface area (Å²) in [6.45, 7) is 7.14. The van der Waals surface area contributed by atoms with Crippen LogP contribution < -0.4 is 5.32 Å². The molecule has 0 spiro atoms. The standard InChI is InChI=1S/C15H19BrN4/c1-4-8-18-14-12(16)11(5-2)19-15(20-14)13-10(3)7-6-9-17-13/h6-7,9H,4-5,8H2,1-3H3,(H,18,19,20). The van der Waals surface area contributed by atoms with Crippen LogP contribution in [0.5, 0.6) is 0 Å². The van der Waals surface area contributed by atoms with Crippen molar-refractivity contribution in [3.8, 4) is 11.5 Å². The SMILES string of the molecule is CCCNc1nc(-c2ncccc2C)nc(CC)c1Br. The average Bonchev–Trinajstić information content (AvgIpc) is 2.47. The molecule has 106 valence electrons. The lowest BCUT2D eigenvalue weighted by Gasteiger charge is -2.12. The van der Waals surface area contributed by atoms with Crippen LogP contribution in [0.1, 0.15) is 31.5 Å². The summed E-state index contributed by atoms with van der Waals surface area (Å²) in [6.07, 6.45) is 3.68. The molecular weight excluding hydrogens is 316 g/mol. The molecule has 0 aliphatic heterocycles. The van der Waals surface area contributed by atoms with Crippen molar-refractivity contribution in [1.29, 1.82) is 0 Å². The Labute approximate surface area is 128 Å². The van der Waals surface area contributed by atoms with Crippen LogP contribution in [-0.2, 0) is 6.42 Å². The van der Waals surface area contributed by atoms with E-state index in [4.69, 9.17) is 0 Å².